The number of unbranched alkanes of at least 4 members (excludes halogenated alkanes) is 1. The van der Waals surface area contributed by atoms with E-state index < -0.39 is 0 Å². The predicted molar refractivity (Wildman–Crippen MR) is 121 cm³/mol. The van der Waals surface area contributed by atoms with Crippen LogP contribution in [0, 0.1) is 11.7 Å². The van der Waals surface area contributed by atoms with E-state index in [0.29, 0.717) is 32.1 Å². The number of amides is 2. The lowest BCUT2D eigenvalue weighted by atomic mass is 9.92. The number of hydrogen-bond acceptors (Lipinski definition) is 4. The Labute approximate surface area is 185 Å². The molecule has 0 saturated carbocycles. The molecule has 3 rings (SSSR count). The molecule has 0 bridgehead atoms. The number of benzene rings is 1. The normalized spacial score (nSPS) is 22.4. The van der Waals surface area contributed by atoms with Crippen molar-refractivity contribution in [3.05, 3.63) is 30.1 Å². The molecule has 172 valence electrons. The van der Waals surface area contributed by atoms with Crippen LogP contribution in [0.15, 0.2) is 24.3 Å². The van der Waals surface area contributed by atoms with E-state index in [4.69, 9.17) is 0 Å². The zero-order valence-corrected chi connectivity index (χ0v) is 19.0. The summed E-state index contributed by atoms with van der Waals surface area (Å²) < 4.78 is 13.1. The fourth-order valence-electron chi connectivity index (χ4n) is 4.50. The van der Waals surface area contributed by atoms with Gasteiger partial charge in [-0.05, 0) is 50.5 Å². The van der Waals surface area contributed by atoms with Crippen LogP contribution < -0.4 is 10.2 Å². The van der Waals surface area contributed by atoms with Crippen molar-refractivity contribution in [3.63, 3.8) is 0 Å². The van der Waals surface area contributed by atoms with Gasteiger partial charge in [0.15, 0.2) is 0 Å². The van der Waals surface area contributed by atoms with Gasteiger partial charge in [0, 0.05) is 64.0 Å². The van der Waals surface area contributed by atoms with E-state index in [-0.39, 0.29) is 23.5 Å². The van der Waals surface area contributed by atoms with Gasteiger partial charge < -0.3 is 15.1 Å². The van der Waals surface area contributed by atoms with Crippen LogP contribution in [0.1, 0.15) is 46.0 Å². The number of piperidine rings is 1. The molecule has 0 spiro atoms. The van der Waals surface area contributed by atoms with E-state index >= 15 is 0 Å². The average molecular weight is 433 g/mol. The molecule has 0 aliphatic carbocycles. The smallest absolute Gasteiger partial charge is 0.224 e. The molecule has 2 unspecified atom stereocenters. The highest BCUT2D eigenvalue weighted by Gasteiger charge is 2.30. The van der Waals surface area contributed by atoms with Crippen LogP contribution in [0.5, 0.6) is 0 Å². The molecular weight excluding hydrogens is 395 g/mol. The van der Waals surface area contributed by atoms with Crippen LogP contribution in [0.2, 0.25) is 0 Å². The lowest BCUT2D eigenvalue weighted by Gasteiger charge is -2.39. The minimum Gasteiger partial charge on any atom is -0.368 e. The lowest BCUT2D eigenvalue weighted by Crippen LogP contribution is -2.50. The first-order chi connectivity index (χ1) is 15.0. The average Bonchev–Trinajstić information content (AvgIpc) is 2.79. The summed E-state index contributed by atoms with van der Waals surface area (Å²) in [7, 11) is 0. The van der Waals surface area contributed by atoms with Gasteiger partial charge in [-0.15, -0.1) is 0 Å². The van der Waals surface area contributed by atoms with Gasteiger partial charge >= 0.3 is 0 Å². The summed E-state index contributed by atoms with van der Waals surface area (Å²) in [6.07, 6.45) is 4.51. The molecule has 7 heteroatoms. The first-order valence-corrected chi connectivity index (χ1v) is 11.8. The summed E-state index contributed by atoms with van der Waals surface area (Å²) in [5.74, 6) is 0.140. The fourth-order valence-corrected chi connectivity index (χ4v) is 4.50. The van der Waals surface area contributed by atoms with E-state index in [0.717, 1.165) is 57.5 Å². The molecule has 2 saturated heterocycles. The third-order valence-electron chi connectivity index (χ3n) is 6.65. The van der Waals surface area contributed by atoms with Crippen LogP contribution in [-0.4, -0.2) is 73.5 Å². The van der Waals surface area contributed by atoms with Gasteiger partial charge in [-0.1, -0.05) is 13.3 Å². The van der Waals surface area contributed by atoms with Crippen LogP contribution >= 0.6 is 0 Å². The molecule has 1 aromatic carbocycles. The number of carbonyl (C=O) groups excluding carboxylic acids is 2. The van der Waals surface area contributed by atoms with E-state index in [1.54, 1.807) is 12.1 Å². The topological polar surface area (TPSA) is 55.9 Å². The number of nitrogens with zero attached hydrogens (tertiary/aromatic N) is 3. The maximum Gasteiger partial charge on any atom is 0.224 e. The van der Waals surface area contributed by atoms with Crippen LogP contribution in [0.3, 0.4) is 0 Å². The molecule has 2 aliphatic heterocycles. The van der Waals surface area contributed by atoms with Crippen molar-refractivity contribution in [1.29, 1.82) is 0 Å². The quantitative estimate of drug-likeness (QED) is 0.642. The Morgan fingerprint density at radius 2 is 1.81 bits per heavy atom. The van der Waals surface area contributed by atoms with Gasteiger partial charge in [-0.25, -0.2) is 4.39 Å². The molecule has 1 aromatic rings. The highest BCUT2D eigenvalue weighted by molar-refractivity contribution is 5.79. The number of hydrogen-bond donors (Lipinski definition) is 1. The molecule has 1 N–H and O–H groups in total. The Morgan fingerprint density at radius 1 is 1.10 bits per heavy atom. The second-order valence-corrected chi connectivity index (χ2v) is 8.86. The van der Waals surface area contributed by atoms with Crippen LogP contribution in [-0.2, 0) is 9.59 Å². The van der Waals surface area contributed by atoms with Gasteiger partial charge in [0.1, 0.15) is 5.82 Å². The zero-order valence-electron chi connectivity index (χ0n) is 19.0. The number of nitrogens with one attached hydrogen (secondary N) is 1. The number of piperazine rings is 1. The molecule has 2 amide bonds. The first kappa shape index (κ1) is 23.5. The maximum atomic E-state index is 13.1. The SMILES string of the molecule is CCCCNC(=O)C1CCC(C)N(CCC(=O)N2CCN(c3ccc(F)cc3)CC2)C1. The molecule has 2 fully saturated rings. The Balaban J connectivity index is 1.42. The largest absolute Gasteiger partial charge is 0.368 e. The fraction of sp³-hybridized carbons (Fsp3) is 0.667. The van der Waals surface area contributed by atoms with Crippen LogP contribution in [0.4, 0.5) is 10.1 Å². The third kappa shape index (κ3) is 6.66. The molecule has 0 aromatic heterocycles. The van der Waals surface area contributed by atoms with Crippen molar-refractivity contribution in [2.45, 2.75) is 52.0 Å². The van der Waals surface area contributed by atoms with E-state index in [1.807, 2.05) is 4.90 Å². The number of carbonyl (C=O) groups is 2. The third-order valence-corrected chi connectivity index (χ3v) is 6.65. The highest BCUT2D eigenvalue weighted by Crippen LogP contribution is 2.23. The number of likely N-dealkylation sites (tertiary alicyclic amines) is 1. The summed E-state index contributed by atoms with van der Waals surface area (Å²) in [6.45, 7) is 9.41. The monoisotopic (exact) mass is 432 g/mol. The molecule has 0 radical (unpaired) electrons. The Kier molecular flexibility index (Phi) is 8.69. The number of rotatable bonds is 8. The van der Waals surface area contributed by atoms with Crippen molar-refractivity contribution in [1.82, 2.24) is 15.1 Å². The van der Waals surface area contributed by atoms with Gasteiger partial charge in [0.25, 0.3) is 0 Å². The Morgan fingerprint density at radius 3 is 2.48 bits per heavy atom. The van der Waals surface area contributed by atoms with Gasteiger partial charge in [-0.2, -0.15) is 0 Å². The first-order valence-electron chi connectivity index (χ1n) is 11.8. The minimum atomic E-state index is -0.231. The zero-order chi connectivity index (χ0) is 22.2. The van der Waals surface area contributed by atoms with Crippen molar-refractivity contribution >= 4 is 17.5 Å². The molecule has 2 heterocycles. The molecule has 6 nitrogen and oxygen atoms in total. The van der Waals surface area contributed by atoms with Gasteiger partial charge in [0.05, 0.1) is 5.92 Å². The second-order valence-electron chi connectivity index (χ2n) is 8.86. The summed E-state index contributed by atoms with van der Waals surface area (Å²) in [5, 5.41) is 3.06. The molecule has 31 heavy (non-hydrogen) atoms. The van der Waals surface area contributed by atoms with Crippen molar-refractivity contribution < 1.29 is 14.0 Å². The number of anilines is 1. The van der Waals surface area contributed by atoms with Gasteiger partial charge in [0.2, 0.25) is 11.8 Å². The molecule has 2 atom stereocenters. The Hall–Kier alpha value is -2.15. The van der Waals surface area contributed by atoms with Crippen molar-refractivity contribution in [2.24, 2.45) is 5.92 Å². The van der Waals surface area contributed by atoms with E-state index in [2.05, 4.69) is 29.0 Å². The predicted octanol–water partition coefficient (Wildman–Crippen LogP) is 2.88. The highest BCUT2D eigenvalue weighted by atomic mass is 19.1. The van der Waals surface area contributed by atoms with Crippen molar-refractivity contribution in [2.75, 3.05) is 50.7 Å². The Bertz CT molecular complexity index is 719. The second kappa shape index (κ2) is 11.5. The summed E-state index contributed by atoms with van der Waals surface area (Å²) in [4.78, 5) is 31.6. The molecule has 2 aliphatic rings. The van der Waals surface area contributed by atoms with E-state index in [9.17, 15) is 14.0 Å². The summed E-state index contributed by atoms with van der Waals surface area (Å²) >= 11 is 0. The summed E-state index contributed by atoms with van der Waals surface area (Å²) in [6, 6.07) is 6.94. The minimum absolute atomic E-state index is 0.0300. The maximum absolute atomic E-state index is 13.1. The van der Waals surface area contributed by atoms with Crippen molar-refractivity contribution in [3.8, 4) is 0 Å². The summed E-state index contributed by atoms with van der Waals surface area (Å²) in [5.41, 5.74) is 0.999. The lowest BCUT2D eigenvalue weighted by molar-refractivity contribution is -0.132. The van der Waals surface area contributed by atoms with Crippen LogP contribution in [0.25, 0.3) is 0 Å². The van der Waals surface area contributed by atoms with Gasteiger partial charge in [-0.3, -0.25) is 14.5 Å². The number of halogens is 1. The standard InChI is InChI=1S/C24H37FN4O2/c1-3-4-12-26-24(31)20-6-5-19(2)29(18-20)13-11-23(30)28-16-14-27(15-17-28)22-9-7-21(25)8-10-22/h7-10,19-20H,3-6,11-18H2,1-2H3,(H,26,31). The van der Waals surface area contributed by atoms with E-state index in [1.165, 1.54) is 12.1 Å². The molecular formula is C24H37FN4O2.